The first-order valence-electron chi connectivity index (χ1n) is 6.18. The average Bonchev–Trinajstić information content (AvgIpc) is 2.38. The van der Waals surface area contributed by atoms with Crippen molar-refractivity contribution in [1.82, 2.24) is 0 Å². The zero-order valence-corrected chi connectivity index (χ0v) is 12.9. The van der Waals surface area contributed by atoms with Crippen molar-refractivity contribution in [3.8, 4) is 0 Å². The molecule has 0 aliphatic heterocycles. The van der Waals surface area contributed by atoms with Crippen LogP contribution in [0.2, 0.25) is 5.02 Å². The number of anilines is 2. The van der Waals surface area contributed by atoms with Crippen LogP contribution in [0.5, 0.6) is 0 Å². The Labute approximate surface area is 124 Å². The van der Waals surface area contributed by atoms with E-state index in [0.717, 1.165) is 11.3 Å². The van der Waals surface area contributed by atoms with E-state index in [4.69, 9.17) is 23.2 Å². The molecule has 0 saturated heterocycles. The Hall–Kier alpha value is -1.18. The summed E-state index contributed by atoms with van der Waals surface area (Å²) >= 11 is 12.0. The third-order valence-electron chi connectivity index (χ3n) is 3.28. The third-order valence-corrected chi connectivity index (χ3v) is 3.92. The highest BCUT2D eigenvalue weighted by Gasteiger charge is 2.09. The Morgan fingerprint density at radius 3 is 2.37 bits per heavy atom. The fourth-order valence-electron chi connectivity index (χ4n) is 2.17. The number of hydrogen-bond donors (Lipinski definition) is 0. The van der Waals surface area contributed by atoms with Gasteiger partial charge in [0, 0.05) is 29.3 Å². The van der Waals surface area contributed by atoms with Gasteiger partial charge in [-0.15, -0.1) is 11.6 Å². The van der Waals surface area contributed by atoms with Crippen LogP contribution < -0.4 is 4.90 Å². The Morgan fingerprint density at radius 1 is 1.05 bits per heavy atom. The fraction of sp³-hybridized carbons (Fsp3) is 0.250. The fourth-order valence-corrected chi connectivity index (χ4v) is 2.72. The van der Waals surface area contributed by atoms with Gasteiger partial charge in [-0.2, -0.15) is 0 Å². The molecule has 0 atom stereocenters. The van der Waals surface area contributed by atoms with E-state index in [2.05, 4.69) is 36.9 Å². The van der Waals surface area contributed by atoms with Crippen LogP contribution in [-0.4, -0.2) is 7.05 Å². The van der Waals surface area contributed by atoms with Crippen molar-refractivity contribution >= 4 is 34.6 Å². The van der Waals surface area contributed by atoms with Crippen LogP contribution in [0.1, 0.15) is 16.7 Å². The molecule has 0 fully saturated rings. The Balaban J connectivity index is 2.38. The number of aryl methyl sites for hydroxylation is 2. The lowest BCUT2D eigenvalue weighted by Gasteiger charge is -2.22. The molecule has 2 aromatic rings. The lowest BCUT2D eigenvalue weighted by molar-refractivity contribution is 1.17. The molecule has 1 nitrogen and oxygen atoms in total. The van der Waals surface area contributed by atoms with Gasteiger partial charge in [0.1, 0.15) is 0 Å². The van der Waals surface area contributed by atoms with Crippen molar-refractivity contribution in [2.45, 2.75) is 19.7 Å². The molecule has 2 rings (SSSR count). The zero-order chi connectivity index (χ0) is 14.0. The number of hydrogen-bond acceptors (Lipinski definition) is 1. The molecule has 0 N–H and O–H groups in total. The predicted octanol–water partition coefficient (Wildman–Crippen LogP) is 5.46. The lowest BCUT2D eigenvalue weighted by Crippen LogP contribution is -2.11. The maximum Gasteiger partial charge on any atom is 0.0488 e. The van der Waals surface area contributed by atoms with Gasteiger partial charge in [0.05, 0.1) is 0 Å². The number of benzene rings is 2. The second-order valence-corrected chi connectivity index (χ2v) is 5.43. The van der Waals surface area contributed by atoms with E-state index in [9.17, 15) is 0 Å². The van der Waals surface area contributed by atoms with E-state index in [1.54, 1.807) is 0 Å². The van der Waals surface area contributed by atoms with Gasteiger partial charge in [0.15, 0.2) is 0 Å². The molecule has 3 heteroatoms. The summed E-state index contributed by atoms with van der Waals surface area (Å²) in [5.41, 5.74) is 5.72. The minimum atomic E-state index is 0.437. The topological polar surface area (TPSA) is 3.24 Å². The highest BCUT2D eigenvalue weighted by Crippen LogP contribution is 2.30. The molecule has 0 radical (unpaired) electrons. The molecule has 0 unspecified atom stereocenters. The monoisotopic (exact) mass is 293 g/mol. The summed E-state index contributed by atoms with van der Waals surface area (Å²) in [5.74, 6) is 0.437. The van der Waals surface area contributed by atoms with Crippen LogP contribution in [0.3, 0.4) is 0 Å². The Bertz CT molecular complexity index is 593. The molecule has 0 saturated carbocycles. The third kappa shape index (κ3) is 3.05. The van der Waals surface area contributed by atoms with Gasteiger partial charge in [-0.1, -0.05) is 35.4 Å². The lowest BCUT2D eigenvalue weighted by atomic mass is 10.1. The van der Waals surface area contributed by atoms with Crippen LogP contribution in [0, 0.1) is 13.8 Å². The largest absolute Gasteiger partial charge is 0.344 e. The minimum Gasteiger partial charge on any atom is -0.344 e. The van der Waals surface area contributed by atoms with Gasteiger partial charge < -0.3 is 4.90 Å². The number of halogens is 2. The highest BCUT2D eigenvalue weighted by atomic mass is 35.5. The van der Waals surface area contributed by atoms with Crippen LogP contribution >= 0.6 is 23.2 Å². The quantitative estimate of drug-likeness (QED) is 0.679. The standard InChI is InChI=1S/C16H17Cl2N/c1-11-4-7-16(12(2)8-11)19(3)14-6-5-13(10-17)15(18)9-14/h4-9H,10H2,1-3H3. The molecular weight excluding hydrogens is 277 g/mol. The van der Waals surface area contributed by atoms with Gasteiger partial charge in [-0.3, -0.25) is 0 Å². The summed E-state index contributed by atoms with van der Waals surface area (Å²) < 4.78 is 0. The molecule has 0 aromatic heterocycles. The van der Waals surface area contributed by atoms with Crippen LogP contribution in [0.25, 0.3) is 0 Å². The van der Waals surface area contributed by atoms with Crippen molar-refractivity contribution in [3.05, 3.63) is 58.1 Å². The summed E-state index contributed by atoms with van der Waals surface area (Å²) in [7, 11) is 2.05. The van der Waals surface area contributed by atoms with Crippen LogP contribution in [0.15, 0.2) is 36.4 Å². The second kappa shape index (κ2) is 5.85. The molecule has 100 valence electrons. The minimum absolute atomic E-state index is 0.437. The number of alkyl halides is 1. The van der Waals surface area contributed by atoms with Gasteiger partial charge in [-0.25, -0.2) is 0 Å². The first-order chi connectivity index (χ1) is 9.02. The number of nitrogens with zero attached hydrogens (tertiary/aromatic N) is 1. The van der Waals surface area contributed by atoms with Crippen LogP contribution in [-0.2, 0) is 5.88 Å². The van der Waals surface area contributed by atoms with Gasteiger partial charge >= 0.3 is 0 Å². The maximum atomic E-state index is 6.21. The normalized spacial score (nSPS) is 10.6. The summed E-state index contributed by atoms with van der Waals surface area (Å²) in [6.07, 6.45) is 0. The molecule has 19 heavy (non-hydrogen) atoms. The van der Waals surface area contributed by atoms with E-state index in [1.165, 1.54) is 16.8 Å². The summed E-state index contributed by atoms with van der Waals surface area (Å²) in [5, 5.41) is 0.712. The molecule has 0 aliphatic carbocycles. The maximum absolute atomic E-state index is 6.21. The van der Waals surface area contributed by atoms with Crippen molar-refractivity contribution in [1.29, 1.82) is 0 Å². The van der Waals surface area contributed by atoms with E-state index in [-0.39, 0.29) is 0 Å². The van der Waals surface area contributed by atoms with E-state index in [0.29, 0.717) is 10.9 Å². The smallest absolute Gasteiger partial charge is 0.0488 e. The van der Waals surface area contributed by atoms with Gasteiger partial charge in [0.25, 0.3) is 0 Å². The van der Waals surface area contributed by atoms with Crippen molar-refractivity contribution in [2.24, 2.45) is 0 Å². The van der Waals surface area contributed by atoms with Crippen molar-refractivity contribution < 1.29 is 0 Å². The van der Waals surface area contributed by atoms with E-state index in [1.807, 2.05) is 25.2 Å². The zero-order valence-electron chi connectivity index (χ0n) is 11.4. The highest BCUT2D eigenvalue weighted by molar-refractivity contribution is 6.32. The Kier molecular flexibility index (Phi) is 4.38. The summed E-state index contributed by atoms with van der Waals surface area (Å²) in [6, 6.07) is 12.4. The number of rotatable bonds is 3. The summed E-state index contributed by atoms with van der Waals surface area (Å²) in [6.45, 7) is 4.22. The molecule has 0 spiro atoms. The van der Waals surface area contributed by atoms with Gasteiger partial charge in [0.2, 0.25) is 0 Å². The average molecular weight is 294 g/mol. The van der Waals surface area contributed by atoms with Crippen molar-refractivity contribution in [2.75, 3.05) is 11.9 Å². The first-order valence-corrected chi connectivity index (χ1v) is 7.09. The van der Waals surface area contributed by atoms with Crippen LogP contribution in [0.4, 0.5) is 11.4 Å². The SMILES string of the molecule is Cc1ccc(N(C)c2ccc(CCl)c(Cl)c2)c(C)c1. The Morgan fingerprint density at radius 2 is 1.79 bits per heavy atom. The van der Waals surface area contributed by atoms with E-state index < -0.39 is 0 Å². The molecule has 0 aliphatic rings. The van der Waals surface area contributed by atoms with E-state index >= 15 is 0 Å². The van der Waals surface area contributed by atoms with Crippen molar-refractivity contribution in [3.63, 3.8) is 0 Å². The summed E-state index contributed by atoms with van der Waals surface area (Å²) in [4.78, 5) is 2.14. The first kappa shape index (κ1) is 14.2. The molecule has 0 heterocycles. The molecule has 2 aromatic carbocycles. The van der Waals surface area contributed by atoms with Gasteiger partial charge in [-0.05, 0) is 43.2 Å². The molecule has 0 bridgehead atoms. The second-order valence-electron chi connectivity index (χ2n) is 4.76. The predicted molar refractivity (Wildman–Crippen MR) is 85.0 cm³/mol. The molecule has 0 amide bonds. The molecular formula is C16H17Cl2N.